The molecule has 0 fully saturated rings. The van der Waals surface area contributed by atoms with Gasteiger partial charge in [-0.2, -0.15) is 5.26 Å². The highest BCUT2D eigenvalue weighted by Gasteiger charge is 2.15. The lowest BCUT2D eigenvalue weighted by Gasteiger charge is -2.21. The summed E-state index contributed by atoms with van der Waals surface area (Å²) in [6.45, 7) is 0.570. The number of aliphatic hydroxyl groups is 1. The molecular formula is C12H16N2OS. The lowest BCUT2D eigenvalue weighted by molar-refractivity contribution is 0.203. The Morgan fingerprint density at radius 2 is 2.06 bits per heavy atom. The van der Waals surface area contributed by atoms with Crippen molar-refractivity contribution < 1.29 is 5.11 Å². The molecule has 0 aromatic heterocycles. The predicted molar refractivity (Wildman–Crippen MR) is 66.3 cm³/mol. The van der Waals surface area contributed by atoms with E-state index >= 15 is 0 Å². The van der Waals surface area contributed by atoms with E-state index in [-0.39, 0.29) is 12.6 Å². The maximum absolute atomic E-state index is 9.12. The van der Waals surface area contributed by atoms with Crippen molar-refractivity contribution in [1.29, 1.82) is 5.26 Å². The topological polar surface area (TPSA) is 47.3 Å². The van der Waals surface area contributed by atoms with E-state index in [1.807, 2.05) is 42.5 Å². The Hall–Kier alpha value is -1.02. The van der Waals surface area contributed by atoms with Crippen LogP contribution in [0.15, 0.2) is 29.2 Å². The van der Waals surface area contributed by atoms with Crippen LogP contribution in [0.1, 0.15) is 11.6 Å². The summed E-state index contributed by atoms with van der Waals surface area (Å²) >= 11 is 1.68. The minimum absolute atomic E-state index is 0.0670. The fourth-order valence-electron chi connectivity index (χ4n) is 1.50. The maximum Gasteiger partial charge on any atom is 0.123 e. The van der Waals surface area contributed by atoms with Gasteiger partial charge in [0.15, 0.2) is 0 Å². The molecular weight excluding hydrogens is 220 g/mol. The second-order valence-corrected chi connectivity index (χ2v) is 4.39. The minimum atomic E-state index is -0.289. The van der Waals surface area contributed by atoms with Gasteiger partial charge in [-0.25, -0.2) is 0 Å². The number of hydrogen-bond donors (Lipinski definition) is 1. The van der Waals surface area contributed by atoms with Gasteiger partial charge in [0.1, 0.15) is 6.04 Å². The fraction of sp³-hybridized carbons (Fsp3) is 0.417. The molecule has 1 unspecified atom stereocenters. The van der Waals surface area contributed by atoms with Gasteiger partial charge in [-0.3, -0.25) is 4.90 Å². The van der Waals surface area contributed by atoms with Gasteiger partial charge in [0, 0.05) is 11.4 Å². The zero-order chi connectivity index (χ0) is 12.0. The van der Waals surface area contributed by atoms with Crippen molar-refractivity contribution in [3.63, 3.8) is 0 Å². The van der Waals surface area contributed by atoms with Crippen molar-refractivity contribution in [2.45, 2.75) is 10.9 Å². The standard InChI is InChI=1S/C12H16N2OS/c1-14(7-8-15)12(9-13)10-3-5-11(16-2)6-4-10/h3-6,12,15H,7-8H2,1-2H3. The number of nitrogens with zero attached hydrogens (tertiary/aromatic N) is 2. The molecule has 1 aromatic carbocycles. The van der Waals surface area contributed by atoms with Gasteiger partial charge in [0.25, 0.3) is 0 Å². The first kappa shape index (κ1) is 13.0. The molecule has 0 saturated carbocycles. The highest BCUT2D eigenvalue weighted by molar-refractivity contribution is 7.98. The van der Waals surface area contributed by atoms with Crippen LogP contribution in [0.5, 0.6) is 0 Å². The third-order valence-electron chi connectivity index (χ3n) is 2.45. The van der Waals surface area contributed by atoms with Gasteiger partial charge >= 0.3 is 0 Å². The summed E-state index contributed by atoms with van der Waals surface area (Å²) in [6.07, 6.45) is 2.02. The summed E-state index contributed by atoms with van der Waals surface area (Å²) in [5, 5.41) is 18.0. The number of aliphatic hydroxyl groups excluding tert-OH is 1. The molecule has 0 spiro atoms. The van der Waals surface area contributed by atoms with Gasteiger partial charge in [-0.15, -0.1) is 11.8 Å². The van der Waals surface area contributed by atoms with Crippen LogP contribution in [0.25, 0.3) is 0 Å². The van der Waals surface area contributed by atoms with Crippen LogP contribution >= 0.6 is 11.8 Å². The van der Waals surface area contributed by atoms with Crippen LogP contribution in [-0.4, -0.2) is 36.5 Å². The molecule has 3 nitrogen and oxygen atoms in total. The Morgan fingerprint density at radius 3 is 2.50 bits per heavy atom. The Morgan fingerprint density at radius 1 is 1.44 bits per heavy atom. The fourth-order valence-corrected chi connectivity index (χ4v) is 1.91. The molecule has 0 bridgehead atoms. The van der Waals surface area contributed by atoms with Crippen LogP contribution in [-0.2, 0) is 0 Å². The van der Waals surface area contributed by atoms with Gasteiger partial charge in [0.2, 0.25) is 0 Å². The third-order valence-corrected chi connectivity index (χ3v) is 3.19. The molecule has 0 aliphatic heterocycles. The SMILES string of the molecule is CSc1ccc(C(C#N)N(C)CCO)cc1. The Kier molecular flexibility index (Phi) is 5.33. The normalized spacial score (nSPS) is 12.4. The Bertz CT molecular complexity index is 358. The van der Waals surface area contributed by atoms with Crippen LogP contribution in [0.4, 0.5) is 0 Å². The molecule has 0 heterocycles. The van der Waals surface area contributed by atoms with E-state index in [1.54, 1.807) is 11.8 Å². The molecule has 1 aromatic rings. The predicted octanol–water partition coefficient (Wildman–Crippen LogP) is 1.90. The van der Waals surface area contributed by atoms with Crippen LogP contribution in [0, 0.1) is 11.3 Å². The van der Waals surface area contributed by atoms with Crippen molar-refractivity contribution in [2.24, 2.45) is 0 Å². The van der Waals surface area contributed by atoms with E-state index < -0.39 is 0 Å². The van der Waals surface area contributed by atoms with Crippen molar-refractivity contribution in [2.75, 3.05) is 26.5 Å². The number of nitriles is 1. The maximum atomic E-state index is 9.12. The van der Waals surface area contributed by atoms with Crippen LogP contribution in [0.2, 0.25) is 0 Å². The number of thioether (sulfide) groups is 1. The first-order valence-corrected chi connectivity index (χ1v) is 6.30. The Balaban J connectivity index is 2.83. The molecule has 0 aliphatic rings. The summed E-state index contributed by atoms with van der Waals surface area (Å²) in [4.78, 5) is 3.03. The zero-order valence-corrected chi connectivity index (χ0v) is 10.4. The van der Waals surface area contributed by atoms with Gasteiger partial charge in [0.05, 0.1) is 12.7 Å². The molecule has 86 valence electrons. The molecule has 1 N–H and O–H groups in total. The molecule has 0 saturated heterocycles. The number of rotatable bonds is 5. The molecule has 0 amide bonds. The van der Waals surface area contributed by atoms with E-state index in [0.29, 0.717) is 6.54 Å². The second kappa shape index (κ2) is 6.54. The average Bonchev–Trinajstić information content (AvgIpc) is 2.31. The van der Waals surface area contributed by atoms with E-state index in [9.17, 15) is 0 Å². The molecule has 0 aliphatic carbocycles. The quantitative estimate of drug-likeness (QED) is 0.793. The van der Waals surface area contributed by atoms with Crippen molar-refractivity contribution in [3.8, 4) is 6.07 Å². The number of likely N-dealkylation sites (N-methyl/N-ethyl adjacent to an activating group) is 1. The monoisotopic (exact) mass is 236 g/mol. The number of hydrogen-bond acceptors (Lipinski definition) is 4. The van der Waals surface area contributed by atoms with Gasteiger partial charge in [-0.1, -0.05) is 12.1 Å². The first-order valence-electron chi connectivity index (χ1n) is 5.07. The average molecular weight is 236 g/mol. The van der Waals surface area contributed by atoms with Crippen molar-refractivity contribution in [3.05, 3.63) is 29.8 Å². The summed E-state index contributed by atoms with van der Waals surface area (Å²) < 4.78 is 0. The molecule has 1 rings (SSSR count). The first-order chi connectivity index (χ1) is 7.72. The van der Waals surface area contributed by atoms with E-state index in [4.69, 9.17) is 10.4 Å². The third kappa shape index (κ3) is 3.24. The summed E-state index contributed by atoms with van der Waals surface area (Å²) in [7, 11) is 1.84. The minimum Gasteiger partial charge on any atom is -0.395 e. The molecule has 1 atom stereocenters. The largest absolute Gasteiger partial charge is 0.395 e. The van der Waals surface area contributed by atoms with Crippen LogP contribution < -0.4 is 0 Å². The molecule has 4 heteroatoms. The van der Waals surface area contributed by atoms with E-state index in [1.165, 1.54) is 4.90 Å². The zero-order valence-electron chi connectivity index (χ0n) is 9.55. The van der Waals surface area contributed by atoms with Crippen LogP contribution in [0.3, 0.4) is 0 Å². The summed E-state index contributed by atoms with van der Waals surface area (Å²) in [5.41, 5.74) is 0.969. The second-order valence-electron chi connectivity index (χ2n) is 3.51. The number of benzene rings is 1. The van der Waals surface area contributed by atoms with Crippen molar-refractivity contribution in [1.82, 2.24) is 4.90 Å². The van der Waals surface area contributed by atoms with E-state index in [2.05, 4.69) is 6.07 Å². The lowest BCUT2D eigenvalue weighted by Crippen LogP contribution is -2.26. The van der Waals surface area contributed by atoms with Gasteiger partial charge < -0.3 is 5.11 Å². The van der Waals surface area contributed by atoms with Gasteiger partial charge in [-0.05, 0) is 31.0 Å². The highest BCUT2D eigenvalue weighted by atomic mass is 32.2. The lowest BCUT2D eigenvalue weighted by atomic mass is 10.1. The highest BCUT2D eigenvalue weighted by Crippen LogP contribution is 2.21. The summed E-state index contributed by atoms with van der Waals surface area (Å²) in [6, 6.07) is 9.91. The molecule has 0 radical (unpaired) electrons. The van der Waals surface area contributed by atoms with Crippen molar-refractivity contribution >= 4 is 11.8 Å². The summed E-state index contributed by atoms with van der Waals surface area (Å²) in [5.74, 6) is 0. The smallest absolute Gasteiger partial charge is 0.123 e. The van der Waals surface area contributed by atoms with E-state index in [0.717, 1.165) is 5.56 Å². The Labute approximate surface area is 101 Å². The molecule has 16 heavy (non-hydrogen) atoms.